The minimum Gasteiger partial charge on any atom is -0.458 e. The number of aromatic nitrogens is 2. The van der Waals surface area contributed by atoms with Crippen molar-refractivity contribution in [3.8, 4) is 5.75 Å². The zero-order valence-corrected chi connectivity index (χ0v) is 28.0. The number of nitrogens with zero attached hydrogens (tertiary/aromatic N) is 5. The zero-order valence-electron chi connectivity index (χ0n) is 27.2. The molecule has 0 spiro atoms. The van der Waals surface area contributed by atoms with Crippen molar-refractivity contribution < 1.29 is 24.2 Å². The van der Waals surface area contributed by atoms with E-state index in [9.17, 15) is 14.7 Å². The first-order valence-corrected chi connectivity index (χ1v) is 16.6. The lowest BCUT2D eigenvalue weighted by molar-refractivity contribution is -0.155. The Morgan fingerprint density at radius 1 is 1.07 bits per heavy atom. The van der Waals surface area contributed by atoms with Gasteiger partial charge in [0.05, 0.1) is 11.1 Å². The van der Waals surface area contributed by atoms with Crippen LogP contribution in [0.4, 0.5) is 22.2 Å². The summed E-state index contributed by atoms with van der Waals surface area (Å²) in [4.78, 5) is 41.9. The topological polar surface area (TPSA) is 120 Å². The Labute approximate surface area is 270 Å². The number of ether oxygens (including phenoxy) is 2. The smallest absolute Gasteiger partial charge is 0.415 e. The fraction of sp³-hybridized carbons (Fsp3) is 0.515. The van der Waals surface area contributed by atoms with Crippen LogP contribution in [0.5, 0.6) is 5.75 Å². The molecule has 4 rings (SSSR count). The number of hydrogen-bond donors (Lipinski definition) is 2. The van der Waals surface area contributed by atoms with Crippen molar-refractivity contribution in [2.45, 2.75) is 78.7 Å². The second kappa shape index (κ2) is 15.4. The summed E-state index contributed by atoms with van der Waals surface area (Å²) in [6, 6.07) is 10.1. The molecule has 244 valence electrons. The van der Waals surface area contributed by atoms with E-state index in [0.717, 1.165) is 23.3 Å². The average Bonchev–Trinajstić information content (AvgIpc) is 3.74. The van der Waals surface area contributed by atoms with Crippen LogP contribution >= 0.6 is 11.3 Å². The molecular formula is C33H46N6O5S. The molecule has 2 aromatic heterocycles. The molecule has 3 aromatic rings. The molecule has 0 aliphatic carbocycles. The standard InChI is InChI=1S/C33H46N6O5S/c1-7-37(8-2)31-34-22-26(39(9-3)29(40)27-13-12-20-45-27)28(36-31)35-25(30(41)44-33(4,5)6)21-23-14-16-24(17-15-23)43-32(42)38-18-10-11-19-38/h12-17,20,22,25,29,40H,7-11,18-19,21H2,1-6H3,(H,34,35,36)/t25-,29?/m0/s1. The Bertz CT molecular complexity index is 1390. The average molecular weight is 639 g/mol. The Hall–Kier alpha value is -3.90. The number of nitrogens with one attached hydrogen (secondary N) is 1. The van der Waals surface area contributed by atoms with Crippen molar-refractivity contribution in [1.82, 2.24) is 14.9 Å². The van der Waals surface area contributed by atoms with Gasteiger partial charge in [-0.05, 0) is 83.5 Å². The van der Waals surface area contributed by atoms with Gasteiger partial charge in [-0.2, -0.15) is 4.98 Å². The lowest BCUT2D eigenvalue weighted by Crippen LogP contribution is -2.39. The molecular weight excluding hydrogens is 592 g/mol. The van der Waals surface area contributed by atoms with E-state index in [1.807, 2.05) is 76.1 Å². The number of aliphatic hydroxyl groups excluding tert-OH is 1. The van der Waals surface area contributed by atoms with Gasteiger partial charge in [0, 0.05) is 39.1 Å². The van der Waals surface area contributed by atoms with Crippen LogP contribution in [0.25, 0.3) is 0 Å². The summed E-state index contributed by atoms with van der Waals surface area (Å²) in [5.74, 6) is 0.930. The monoisotopic (exact) mass is 638 g/mol. The summed E-state index contributed by atoms with van der Waals surface area (Å²) >= 11 is 1.46. The SMILES string of the molecule is CCN(CC)c1ncc(N(CC)C(O)c2cccs2)c(N[C@@H](Cc2ccc(OC(=O)N3CCCC3)cc2)C(=O)OC(C)(C)C)n1. The molecule has 1 unspecified atom stereocenters. The van der Waals surface area contributed by atoms with Crippen LogP contribution in [-0.4, -0.2) is 76.4 Å². The summed E-state index contributed by atoms with van der Waals surface area (Å²) in [5, 5.41) is 16.6. The van der Waals surface area contributed by atoms with E-state index in [0.29, 0.717) is 55.9 Å². The van der Waals surface area contributed by atoms with Crippen LogP contribution in [0.3, 0.4) is 0 Å². The van der Waals surface area contributed by atoms with Gasteiger partial charge in [0.2, 0.25) is 5.95 Å². The van der Waals surface area contributed by atoms with Gasteiger partial charge in [-0.25, -0.2) is 14.6 Å². The first-order valence-electron chi connectivity index (χ1n) is 15.7. The summed E-state index contributed by atoms with van der Waals surface area (Å²) in [5.41, 5.74) is 0.688. The molecule has 0 bridgehead atoms. The molecule has 1 saturated heterocycles. The number of aliphatic hydroxyl groups is 1. The van der Waals surface area contributed by atoms with Crippen molar-refractivity contribution in [3.05, 3.63) is 58.4 Å². The maximum atomic E-state index is 13.7. The number of amides is 1. The van der Waals surface area contributed by atoms with Crippen LogP contribution < -0.4 is 19.9 Å². The van der Waals surface area contributed by atoms with Gasteiger partial charge in [0.25, 0.3) is 0 Å². The van der Waals surface area contributed by atoms with Crippen LogP contribution in [-0.2, 0) is 16.0 Å². The first kappa shape index (κ1) is 34.0. The number of likely N-dealkylation sites (tertiary alicyclic amines) is 1. The summed E-state index contributed by atoms with van der Waals surface area (Å²) in [6.07, 6.45) is 2.67. The summed E-state index contributed by atoms with van der Waals surface area (Å²) < 4.78 is 11.4. The van der Waals surface area contributed by atoms with Crippen LogP contribution in [0.2, 0.25) is 0 Å². The second-order valence-electron chi connectivity index (χ2n) is 11.9. The third-order valence-corrected chi connectivity index (χ3v) is 8.39. The molecule has 0 radical (unpaired) electrons. The highest BCUT2D eigenvalue weighted by Gasteiger charge is 2.30. The van der Waals surface area contributed by atoms with Gasteiger partial charge in [0.15, 0.2) is 12.0 Å². The highest BCUT2D eigenvalue weighted by atomic mass is 32.1. The van der Waals surface area contributed by atoms with Crippen molar-refractivity contribution in [2.75, 3.05) is 47.8 Å². The first-order chi connectivity index (χ1) is 21.5. The fourth-order valence-corrected chi connectivity index (χ4v) is 5.85. The molecule has 11 nitrogen and oxygen atoms in total. The van der Waals surface area contributed by atoms with E-state index in [1.165, 1.54) is 11.3 Å². The quantitative estimate of drug-likeness (QED) is 0.174. The summed E-state index contributed by atoms with van der Waals surface area (Å²) in [7, 11) is 0. The van der Waals surface area contributed by atoms with Gasteiger partial charge in [0.1, 0.15) is 23.1 Å². The van der Waals surface area contributed by atoms with Gasteiger partial charge in [-0.15, -0.1) is 11.3 Å². The normalized spacial score (nSPS) is 14.5. The van der Waals surface area contributed by atoms with Crippen LogP contribution in [0, 0.1) is 0 Å². The minimum absolute atomic E-state index is 0.277. The molecule has 1 aliphatic heterocycles. The van der Waals surface area contributed by atoms with Crippen molar-refractivity contribution in [2.24, 2.45) is 0 Å². The Balaban J connectivity index is 1.65. The molecule has 3 heterocycles. The number of carbonyl (C=O) groups excluding carboxylic acids is 2. The van der Waals surface area contributed by atoms with E-state index in [4.69, 9.17) is 14.5 Å². The fourth-order valence-electron chi connectivity index (χ4n) is 5.13. The van der Waals surface area contributed by atoms with E-state index >= 15 is 0 Å². The minimum atomic E-state index is -0.922. The van der Waals surface area contributed by atoms with Crippen molar-refractivity contribution >= 4 is 40.9 Å². The lowest BCUT2D eigenvalue weighted by Gasteiger charge is -2.31. The highest BCUT2D eigenvalue weighted by Crippen LogP contribution is 2.33. The number of anilines is 3. The molecule has 2 N–H and O–H groups in total. The third-order valence-electron chi connectivity index (χ3n) is 7.48. The molecule has 1 amide bonds. The van der Waals surface area contributed by atoms with Crippen LogP contribution in [0.1, 0.15) is 71.1 Å². The molecule has 1 aliphatic rings. The molecule has 0 saturated carbocycles. The van der Waals surface area contributed by atoms with Crippen LogP contribution in [0.15, 0.2) is 48.0 Å². The number of benzene rings is 1. The molecule has 2 atom stereocenters. The Morgan fingerprint density at radius 3 is 2.33 bits per heavy atom. The van der Waals surface area contributed by atoms with Gasteiger partial charge in [-0.1, -0.05) is 18.2 Å². The number of hydrogen-bond acceptors (Lipinski definition) is 11. The van der Waals surface area contributed by atoms with E-state index in [-0.39, 0.29) is 12.5 Å². The number of thiophene rings is 1. The predicted octanol–water partition coefficient (Wildman–Crippen LogP) is 5.86. The molecule has 1 fully saturated rings. The second-order valence-corrected chi connectivity index (χ2v) is 12.9. The van der Waals surface area contributed by atoms with E-state index in [1.54, 1.807) is 28.1 Å². The zero-order chi connectivity index (χ0) is 32.6. The van der Waals surface area contributed by atoms with Crippen molar-refractivity contribution in [1.29, 1.82) is 0 Å². The Morgan fingerprint density at radius 2 is 1.76 bits per heavy atom. The van der Waals surface area contributed by atoms with Gasteiger partial charge >= 0.3 is 12.1 Å². The third kappa shape index (κ3) is 9.07. The Kier molecular flexibility index (Phi) is 11.6. The predicted molar refractivity (Wildman–Crippen MR) is 178 cm³/mol. The maximum absolute atomic E-state index is 13.7. The maximum Gasteiger partial charge on any atom is 0.415 e. The summed E-state index contributed by atoms with van der Waals surface area (Å²) in [6.45, 7) is 14.8. The largest absolute Gasteiger partial charge is 0.458 e. The van der Waals surface area contributed by atoms with Crippen molar-refractivity contribution in [3.63, 3.8) is 0 Å². The number of carbonyl (C=O) groups is 2. The number of rotatable bonds is 13. The van der Waals surface area contributed by atoms with Gasteiger partial charge < -0.3 is 34.6 Å². The van der Waals surface area contributed by atoms with Gasteiger partial charge in [-0.3, -0.25) is 0 Å². The highest BCUT2D eigenvalue weighted by molar-refractivity contribution is 7.10. The lowest BCUT2D eigenvalue weighted by atomic mass is 10.0. The molecule has 12 heteroatoms. The number of esters is 1. The molecule has 1 aromatic carbocycles. The van der Waals surface area contributed by atoms with E-state index < -0.39 is 23.8 Å². The van der Waals surface area contributed by atoms with E-state index in [2.05, 4.69) is 10.3 Å². The molecule has 45 heavy (non-hydrogen) atoms.